The third kappa shape index (κ3) is 3.64. The fraction of sp³-hybridized carbons (Fsp3) is 0.125. The number of hydrogen-bond acceptors (Lipinski definition) is 5. The van der Waals surface area contributed by atoms with E-state index in [1.165, 1.54) is 37.4 Å². The van der Waals surface area contributed by atoms with E-state index < -0.39 is 35.7 Å². The first-order valence-electron chi connectivity index (χ1n) is 10.4. The number of nitrogens with one attached hydrogen (secondary N) is 2. The Hall–Kier alpha value is -4.60. The van der Waals surface area contributed by atoms with Crippen LogP contribution in [-0.2, 0) is 15.1 Å². The lowest BCUT2D eigenvalue weighted by Gasteiger charge is -2.22. The Labute approximate surface area is 193 Å². The smallest absolute Gasteiger partial charge is 0.323 e. The Kier molecular flexibility index (Phi) is 5.05. The fourth-order valence-corrected chi connectivity index (χ4v) is 3.91. The Morgan fingerprint density at radius 3 is 2.56 bits per heavy atom. The Balaban J connectivity index is 1.27. The molecule has 3 heterocycles. The van der Waals surface area contributed by atoms with E-state index in [1.807, 2.05) is 28.8 Å². The van der Waals surface area contributed by atoms with E-state index in [4.69, 9.17) is 0 Å². The second-order valence-electron chi connectivity index (χ2n) is 8.01. The summed E-state index contributed by atoms with van der Waals surface area (Å²) >= 11 is 0. The van der Waals surface area contributed by atoms with Crippen LogP contribution in [0.4, 0.5) is 14.9 Å². The predicted molar refractivity (Wildman–Crippen MR) is 121 cm³/mol. The number of urea groups is 1. The summed E-state index contributed by atoms with van der Waals surface area (Å²) in [5.74, 6) is -0.994. The highest BCUT2D eigenvalue weighted by atomic mass is 19.1. The van der Waals surface area contributed by atoms with Gasteiger partial charge in [0.1, 0.15) is 30.0 Å². The highest BCUT2D eigenvalue weighted by Gasteiger charge is 2.49. The molecule has 0 spiro atoms. The summed E-state index contributed by atoms with van der Waals surface area (Å²) in [6.07, 6.45) is 3.15. The van der Waals surface area contributed by atoms with Crippen molar-refractivity contribution in [1.82, 2.24) is 24.8 Å². The van der Waals surface area contributed by atoms with Gasteiger partial charge in [0.25, 0.3) is 5.91 Å². The zero-order chi connectivity index (χ0) is 23.9. The molecule has 2 aromatic carbocycles. The van der Waals surface area contributed by atoms with Crippen LogP contribution in [0, 0.1) is 5.82 Å². The van der Waals surface area contributed by atoms with E-state index in [0.717, 1.165) is 15.9 Å². The lowest BCUT2D eigenvalue weighted by atomic mass is 9.92. The van der Waals surface area contributed by atoms with Crippen LogP contribution < -0.4 is 10.6 Å². The second-order valence-corrected chi connectivity index (χ2v) is 8.01. The molecule has 34 heavy (non-hydrogen) atoms. The summed E-state index contributed by atoms with van der Waals surface area (Å²) in [4.78, 5) is 47.5. The molecule has 0 saturated carbocycles. The highest BCUT2D eigenvalue weighted by molar-refractivity contribution is 6.10. The van der Waals surface area contributed by atoms with Crippen LogP contribution in [0.25, 0.3) is 16.9 Å². The SMILES string of the molecule is CC1(c2ccc(F)cc2)NC(=O)N(CC(=O)Nc2ccc(-n3cnc4ccccc43)nc2)C1=O. The molecule has 0 aliphatic carbocycles. The van der Waals surface area contributed by atoms with Crippen molar-refractivity contribution in [1.29, 1.82) is 0 Å². The van der Waals surface area contributed by atoms with Gasteiger partial charge in [-0.05, 0) is 48.9 Å². The van der Waals surface area contributed by atoms with Gasteiger partial charge < -0.3 is 10.6 Å². The highest BCUT2D eigenvalue weighted by Crippen LogP contribution is 2.29. The zero-order valence-corrected chi connectivity index (χ0v) is 18.0. The van der Waals surface area contributed by atoms with E-state index in [-0.39, 0.29) is 0 Å². The average Bonchev–Trinajstić information content (AvgIpc) is 3.35. The van der Waals surface area contributed by atoms with E-state index >= 15 is 0 Å². The van der Waals surface area contributed by atoms with Gasteiger partial charge in [-0.15, -0.1) is 0 Å². The molecule has 4 amide bonds. The predicted octanol–water partition coefficient (Wildman–Crippen LogP) is 2.97. The van der Waals surface area contributed by atoms with Crippen molar-refractivity contribution in [3.63, 3.8) is 0 Å². The first-order valence-corrected chi connectivity index (χ1v) is 10.4. The van der Waals surface area contributed by atoms with Gasteiger partial charge in [0, 0.05) is 0 Å². The van der Waals surface area contributed by atoms with E-state index in [9.17, 15) is 18.8 Å². The van der Waals surface area contributed by atoms with Crippen LogP contribution in [-0.4, -0.2) is 43.8 Å². The number of imide groups is 1. The van der Waals surface area contributed by atoms with Gasteiger partial charge in [0.05, 0.1) is 22.9 Å². The molecular weight excluding hydrogens is 439 g/mol. The van der Waals surface area contributed by atoms with E-state index in [1.54, 1.807) is 18.5 Å². The molecule has 1 fully saturated rings. The zero-order valence-electron chi connectivity index (χ0n) is 18.0. The Bertz CT molecular complexity index is 1420. The van der Waals surface area contributed by atoms with Crippen molar-refractivity contribution >= 4 is 34.6 Å². The number of rotatable bonds is 5. The normalized spacial score (nSPS) is 17.8. The van der Waals surface area contributed by atoms with Crippen molar-refractivity contribution in [2.45, 2.75) is 12.5 Å². The van der Waals surface area contributed by atoms with Crippen LogP contribution in [0.2, 0.25) is 0 Å². The van der Waals surface area contributed by atoms with Crippen LogP contribution in [0.15, 0.2) is 73.2 Å². The first kappa shape index (κ1) is 21.3. The average molecular weight is 458 g/mol. The second kappa shape index (κ2) is 8.07. The number of benzene rings is 2. The van der Waals surface area contributed by atoms with Gasteiger partial charge in [-0.1, -0.05) is 24.3 Å². The van der Waals surface area contributed by atoms with E-state index in [0.29, 0.717) is 17.1 Å². The number of fused-ring (bicyclic) bond motifs is 1. The van der Waals surface area contributed by atoms with Gasteiger partial charge >= 0.3 is 6.03 Å². The minimum atomic E-state index is -1.39. The first-order chi connectivity index (χ1) is 16.3. The number of pyridine rings is 1. The van der Waals surface area contributed by atoms with Gasteiger partial charge in [0.15, 0.2) is 0 Å². The number of aromatic nitrogens is 3. The maximum atomic E-state index is 13.3. The number of carbonyl (C=O) groups is 3. The summed E-state index contributed by atoms with van der Waals surface area (Å²) in [6, 6.07) is 15.6. The molecule has 9 nitrogen and oxygen atoms in total. The van der Waals surface area contributed by atoms with Crippen molar-refractivity contribution in [3.05, 3.63) is 84.6 Å². The number of amides is 4. The molecule has 1 aliphatic heterocycles. The number of imidazole rings is 1. The molecule has 1 unspecified atom stereocenters. The van der Waals surface area contributed by atoms with Gasteiger partial charge in [-0.3, -0.25) is 19.1 Å². The summed E-state index contributed by atoms with van der Waals surface area (Å²) in [5.41, 5.74) is 1.17. The summed E-state index contributed by atoms with van der Waals surface area (Å²) in [7, 11) is 0. The molecule has 4 aromatic rings. The number of hydrogen-bond donors (Lipinski definition) is 2. The largest absolute Gasteiger partial charge is 0.325 e. The quantitative estimate of drug-likeness (QED) is 0.447. The molecular formula is C24H19FN6O3. The monoisotopic (exact) mass is 458 g/mol. The van der Waals surface area contributed by atoms with Gasteiger partial charge in [-0.2, -0.15) is 0 Å². The van der Waals surface area contributed by atoms with Crippen molar-refractivity contribution in [3.8, 4) is 5.82 Å². The van der Waals surface area contributed by atoms with Gasteiger partial charge in [0.2, 0.25) is 5.91 Å². The lowest BCUT2D eigenvalue weighted by Crippen LogP contribution is -2.42. The molecule has 2 aromatic heterocycles. The number of para-hydroxylation sites is 2. The fourth-order valence-electron chi connectivity index (χ4n) is 3.91. The summed E-state index contributed by atoms with van der Waals surface area (Å²) in [6.45, 7) is 1.04. The minimum absolute atomic E-state index is 0.409. The molecule has 1 aliphatic rings. The molecule has 10 heteroatoms. The molecule has 1 atom stereocenters. The standard InChI is InChI=1S/C24H19FN6O3/c1-24(15-6-8-16(25)9-7-15)22(33)30(23(34)29-24)13-21(32)28-17-10-11-20(26-12-17)31-14-27-18-4-2-3-5-19(18)31/h2-12,14H,13H2,1H3,(H,28,32)(H,29,34). The maximum absolute atomic E-state index is 13.3. The number of carbonyl (C=O) groups excluding carboxylic acids is 3. The lowest BCUT2D eigenvalue weighted by molar-refractivity contribution is -0.133. The number of halogens is 1. The van der Waals surface area contributed by atoms with Crippen molar-refractivity contribution in [2.75, 3.05) is 11.9 Å². The molecule has 170 valence electrons. The van der Waals surface area contributed by atoms with Crippen molar-refractivity contribution in [2.24, 2.45) is 0 Å². The third-order valence-corrected chi connectivity index (χ3v) is 5.73. The number of nitrogens with zero attached hydrogens (tertiary/aromatic N) is 4. The van der Waals surface area contributed by atoms with Crippen LogP contribution >= 0.6 is 0 Å². The van der Waals surface area contributed by atoms with Crippen LogP contribution in [0.5, 0.6) is 0 Å². The minimum Gasteiger partial charge on any atom is -0.323 e. The Morgan fingerprint density at radius 2 is 1.82 bits per heavy atom. The third-order valence-electron chi connectivity index (χ3n) is 5.73. The molecule has 0 radical (unpaired) electrons. The summed E-state index contributed by atoms with van der Waals surface area (Å²) in [5, 5.41) is 5.23. The topological polar surface area (TPSA) is 109 Å². The molecule has 2 N–H and O–H groups in total. The number of anilines is 1. The molecule has 0 bridgehead atoms. The van der Waals surface area contributed by atoms with Crippen LogP contribution in [0.3, 0.4) is 0 Å². The van der Waals surface area contributed by atoms with E-state index in [2.05, 4.69) is 20.6 Å². The maximum Gasteiger partial charge on any atom is 0.325 e. The van der Waals surface area contributed by atoms with Gasteiger partial charge in [-0.25, -0.2) is 19.2 Å². The molecule has 5 rings (SSSR count). The van der Waals surface area contributed by atoms with Crippen molar-refractivity contribution < 1.29 is 18.8 Å². The molecule has 1 saturated heterocycles. The Morgan fingerprint density at radius 1 is 1.06 bits per heavy atom. The van der Waals surface area contributed by atoms with Crippen LogP contribution in [0.1, 0.15) is 12.5 Å². The summed E-state index contributed by atoms with van der Waals surface area (Å²) < 4.78 is 15.1.